The minimum absolute atomic E-state index is 0.674. The van der Waals surface area contributed by atoms with Crippen molar-refractivity contribution in [1.29, 1.82) is 0 Å². The molecule has 12 heavy (non-hydrogen) atoms. The number of hydrogen-bond donors (Lipinski definition) is 0. The SMILES string of the molecule is CCC(CBr)Cc1ncnn1C. The molecule has 1 heterocycles. The summed E-state index contributed by atoms with van der Waals surface area (Å²) in [6.07, 6.45) is 3.80. The van der Waals surface area contributed by atoms with Gasteiger partial charge in [0, 0.05) is 18.8 Å². The summed E-state index contributed by atoms with van der Waals surface area (Å²) in [5.74, 6) is 1.74. The van der Waals surface area contributed by atoms with Crippen molar-refractivity contribution in [3.05, 3.63) is 12.2 Å². The highest BCUT2D eigenvalue weighted by Crippen LogP contribution is 2.11. The van der Waals surface area contributed by atoms with Crippen molar-refractivity contribution in [3.63, 3.8) is 0 Å². The van der Waals surface area contributed by atoms with Gasteiger partial charge in [-0.1, -0.05) is 29.3 Å². The Hall–Kier alpha value is -0.380. The summed E-state index contributed by atoms with van der Waals surface area (Å²) < 4.78 is 1.84. The summed E-state index contributed by atoms with van der Waals surface area (Å²) in [4.78, 5) is 4.18. The normalized spacial score (nSPS) is 13.2. The molecule has 0 fully saturated rings. The Morgan fingerprint density at radius 2 is 2.42 bits per heavy atom. The van der Waals surface area contributed by atoms with Crippen LogP contribution in [0.1, 0.15) is 19.2 Å². The summed E-state index contributed by atoms with van der Waals surface area (Å²) >= 11 is 3.49. The lowest BCUT2D eigenvalue weighted by molar-refractivity contribution is 0.535. The van der Waals surface area contributed by atoms with Gasteiger partial charge in [-0.25, -0.2) is 4.98 Å². The van der Waals surface area contributed by atoms with Crippen molar-refractivity contribution in [2.24, 2.45) is 13.0 Å². The predicted octanol–water partition coefficient (Wildman–Crippen LogP) is 1.78. The second-order valence-corrected chi connectivity index (χ2v) is 3.58. The molecule has 0 aromatic carbocycles. The highest BCUT2D eigenvalue weighted by Gasteiger charge is 2.08. The maximum atomic E-state index is 4.18. The van der Waals surface area contributed by atoms with Crippen molar-refractivity contribution in [3.8, 4) is 0 Å². The summed E-state index contributed by atoms with van der Waals surface area (Å²) in [5.41, 5.74) is 0. The molecule has 0 bridgehead atoms. The van der Waals surface area contributed by atoms with E-state index in [4.69, 9.17) is 0 Å². The molecule has 1 aromatic rings. The third-order valence-electron chi connectivity index (χ3n) is 2.07. The summed E-state index contributed by atoms with van der Waals surface area (Å²) in [6, 6.07) is 0. The Balaban J connectivity index is 2.56. The Labute approximate surface area is 81.3 Å². The fourth-order valence-corrected chi connectivity index (χ4v) is 1.76. The van der Waals surface area contributed by atoms with Crippen LogP contribution in [-0.4, -0.2) is 20.1 Å². The first kappa shape index (κ1) is 9.71. The summed E-state index contributed by atoms with van der Waals surface area (Å²) in [7, 11) is 1.93. The van der Waals surface area contributed by atoms with Gasteiger partial charge < -0.3 is 0 Å². The molecule has 1 atom stereocenters. The third kappa shape index (κ3) is 2.30. The topological polar surface area (TPSA) is 30.7 Å². The molecule has 68 valence electrons. The van der Waals surface area contributed by atoms with Crippen LogP contribution in [-0.2, 0) is 13.5 Å². The molecule has 1 rings (SSSR count). The van der Waals surface area contributed by atoms with Crippen LogP contribution in [0.2, 0.25) is 0 Å². The van der Waals surface area contributed by atoms with E-state index in [1.54, 1.807) is 6.33 Å². The van der Waals surface area contributed by atoms with Crippen molar-refractivity contribution in [1.82, 2.24) is 14.8 Å². The van der Waals surface area contributed by atoms with Gasteiger partial charge in [-0.3, -0.25) is 4.68 Å². The number of halogens is 1. The highest BCUT2D eigenvalue weighted by atomic mass is 79.9. The smallest absolute Gasteiger partial charge is 0.138 e. The Morgan fingerprint density at radius 1 is 1.67 bits per heavy atom. The van der Waals surface area contributed by atoms with E-state index in [1.165, 1.54) is 6.42 Å². The Morgan fingerprint density at radius 3 is 2.83 bits per heavy atom. The molecular weight excluding hydrogens is 218 g/mol. The average molecular weight is 232 g/mol. The van der Waals surface area contributed by atoms with Gasteiger partial charge in [0.25, 0.3) is 0 Å². The number of nitrogens with zero attached hydrogens (tertiary/aromatic N) is 3. The lowest BCUT2D eigenvalue weighted by Crippen LogP contribution is -2.09. The molecule has 0 saturated heterocycles. The van der Waals surface area contributed by atoms with Gasteiger partial charge in [-0.05, 0) is 5.92 Å². The number of aryl methyl sites for hydroxylation is 1. The molecular formula is C8H14BrN3. The second-order valence-electron chi connectivity index (χ2n) is 2.93. The van der Waals surface area contributed by atoms with E-state index >= 15 is 0 Å². The molecule has 3 nitrogen and oxygen atoms in total. The van der Waals surface area contributed by atoms with Crippen LogP contribution in [0.25, 0.3) is 0 Å². The summed E-state index contributed by atoms with van der Waals surface area (Å²) in [6.45, 7) is 2.20. The number of aromatic nitrogens is 3. The first-order valence-electron chi connectivity index (χ1n) is 4.16. The van der Waals surface area contributed by atoms with E-state index in [2.05, 4.69) is 32.9 Å². The molecule has 1 aromatic heterocycles. The fraction of sp³-hybridized carbons (Fsp3) is 0.750. The molecule has 1 unspecified atom stereocenters. The third-order valence-corrected chi connectivity index (χ3v) is 2.99. The molecule has 4 heteroatoms. The van der Waals surface area contributed by atoms with E-state index in [0.717, 1.165) is 17.6 Å². The van der Waals surface area contributed by atoms with Crippen molar-refractivity contribution < 1.29 is 0 Å². The van der Waals surface area contributed by atoms with Gasteiger partial charge in [0.2, 0.25) is 0 Å². The van der Waals surface area contributed by atoms with Crippen LogP contribution >= 0.6 is 15.9 Å². The van der Waals surface area contributed by atoms with Crippen molar-refractivity contribution in [2.75, 3.05) is 5.33 Å². The fourth-order valence-electron chi connectivity index (χ4n) is 1.07. The molecule has 0 aliphatic rings. The molecule has 0 saturated carbocycles. The largest absolute Gasteiger partial charge is 0.253 e. The van der Waals surface area contributed by atoms with Crippen molar-refractivity contribution in [2.45, 2.75) is 19.8 Å². The van der Waals surface area contributed by atoms with E-state index < -0.39 is 0 Å². The van der Waals surface area contributed by atoms with Crippen LogP contribution in [0.5, 0.6) is 0 Å². The van der Waals surface area contributed by atoms with Gasteiger partial charge in [0.05, 0.1) is 0 Å². The van der Waals surface area contributed by atoms with E-state index in [0.29, 0.717) is 5.92 Å². The Bertz CT molecular complexity index is 230. The lowest BCUT2D eigenvalue weighted by Gasteiger charge is -2.09. The zero-order valence-electron chi connectivity index (χ0n) is 7.50. The Kier molecular flexibility index (Phi) is 3.72. The molecule has 0 amide bonds. The summed E-state index contributed by atoms with van der Waals surface area (Å²) in [5, 5.41) is 5.07. The molecule has 0 aliphatic carbocycles. The zero-order valence-corrected chi connectivity index (χ0v) is 9.08. The number of alkyl halides is 1. The van der Waals surface area contributed by atoms with E-state index in [9.17, 15) is 0 Å². The minimum atomic E-state index is 0.674. The standard InChI is InChI=1S/C8H14BrN3/c1-3-7(5-9)4-8-10-6-11-12(8)2/h6-7H,3-5H2,1-2H3. The van der Waals surface area contributed by atoms with Crippen LogP contribution in [0, 0.1) is 5.92 Å². The van der Waals surface area contributed by atoms with Gasteiger partial charge in [0.1, 0.15) is 12.2 Å². The quantitative estimate of drug-likeness (QED) is 0.741. The number of hydrogen-bond acceptors (Lipinski definition) is 2. The van der Waals surface area contributed by atoms with E-state index in [1.807, 2.05) is 11.7 Å². The van der Waals surface area contributed by atoms with E-state index in [-0.39, 0.29) is 0 Å². The molecule has 0 spiro atoms. The molecule has 0 radical (unpaired) electrons. The second kappa shape index (κ2) is 4.60. The van der Waals surface area contributed by atoms with Gasteiger partial charge >= 0.3 is 0 Å². The zero-order chi connectivity index (χ0) is 8.97. The van der Waals surface area contributed by atoms with Crippen LogP contribution in [0.3, 0.4) is 0 Å². The van der Waals surface area contributed by atoms with Gasteiger partial charge in [-0.2, -0.15) is 5.10 Å². The highest BCUT2D eigenvalue weighted by molar-refractivity contribution is 9.09. The predicted molar refractivity (Wildman–Crippen MR) is 52.3 cm³/mol. The first-order chi connectivity index (χ1) is 5.77. The van der Waals surface area contributed by atoms with Gasteiger partial charge in [-0.15, -0.1) is 0 Å². The van der Waals surface area contributed by atoms with Crippen LogP contribution < -0.4 is 0 Å². The molecule has 0 N–H and O–H groups in total. The monoisotopic (exact) mass is 231 g/mol. The average Bonchev–Trinajstić information content (AvgIpc) is 2.47. The number of rotatable bonds is 4. The lowest BCUT2D eigenvalue weighted by atomic mass is 10.1. The van der Waals surface area contributed by atoms with Crippen molar-refractivity contribution >= 4 is 15.9 Å². The van der Waals surface area contributed by atoms with Gasteiger partial charge in [0.15, 0.2) is 0 Å². The van der Waals surface area contributed by atoms with Crippen LogP contribution in [0.15, 0.2) is 6.33 Å². The molecule has 0 aliphatic heterocycles. The maximum Gasteiger partial charge on any atom is 0.138 e. The maximum absolute atomic E-state index is 4.18. The first-order valence-corrected chi connectivity index (χ1v) is 5.28. The van der Waals surface area contributed by atoms with Crippen LogP contribution in [0.4, 0.5) is 0 Å². The minimum Gasteiger partial charge on any atom is -0.253 e.